The molecule has 0 radical (unpaired) electrons. The van der Waals surface area contributed by atoms with Crippen LogP contribution in [0.1, 0.15) is 21.3 Å². The van der Waals surface area contributed by atoms with Gasteiger partial charge in [0.15, 0.2) is 4.77 Å². The van der Waals surface area contributed by atoms with Crippen LogP contribution in [0.2, 0.25) is 0 Å². The number of nitrogens with one attached hydrogen (secondary N) is 2. The van der Waals surface area contributed by atoms with Crippen molar-refractivity contribution in [2.24, 2.45) is 7.05 Å². The third-order valence-corrected chi connectivity index (χ3v) is 5.66. The fourth-order valence-corrected chi connectivity index (χ4v) is 3.87. The van der Waals surface area contributed by atoms with E-state index >= 15 is 0 Å². The highest BCUT2D eigenvalue weighted by atomic mass is 32.1. The molecule has 0 spiro atoms. The third kappa shape index (κ3) is 3.62. The lowest BCUT2D eigenvalue weighted by atomic mass is 10.1. The number of likely N-dealkylation sites (N-methyl/N-ethyl adjacent to an activating group) is 1. The largest absolute Gasteiger partial charge is 0.350 e. The van der Waals surface area contributed by atoms with E-state index in [-0.39, 0.29) is 17.5 Å². The Hall–Kier alpha value is -2.29. The molecule has 2 aromatic heterocycles. The molecule has 3 rings (SSSR count). The molecular formula is C18H20N4O2S2. The number of carbonyl (C=O) groups excluding carboxylic acids is 1. The molecule has 0 aliphatic heterocycles. The second-order valence-corrected chi connectivity index (χ2v) is 7.63. The third-order valence-electron chi connectivity index (χ3n) is 4.31. The molecule has 1 unspecified atom stereocenters. The fourth-order valence-electron chi connectivity index (χ4n) is 2.76. The van der Waals surface area contributed by atoms with E-state index in [9.17, 15) is 9.59 Å². The smallest absolute Gasteiger partial charge is 0.261 e. The van der Waals surface area contributed by atoms with Gasteiger partial charge in [-0.15, -0.1) is 11.3 Å². The van der Waals surface area contributed by atoms with Gasteiger partial charge in [0.25, 0.3) is 11.5 Å². The van der Waals surface area contributed by atoms with Crippen molar-refractivity contribution in [1.29, 1.82) is 0 Å². The topological polar surface area (TPSA) is 70.1 Å². The molecule has 3 aromatic rings. The molecule has 2 N–H and O–H groups in total. The van der Waals surface area contributed by atoms with Crippen LogP contribution in [0.4, 0.5) is 0 Å². The van der Waals surface area contributed by atoms with Gasteiger partial charge >= 0.3 is 0 Å². The van der Waals surface area contributed by atoms with E-state index in [1.807, 2.05) is 25.5 Å². The zero-order valence-electron chi connectivity index (χ0n) is 14.8. The molecule has 136 valence electrons. The molecule has 1 atom stereocenters. The first-order valence-corrected chi connectivity index (χ1v) is 9.38. The van der Waals surface area contributed by atoms with Gasteiger partial charge in [-0.2, -0.15) is 0 Å². The number of H-pyrrole nitrogens is 1. The van der Waals surface area contributed by atoms with Crippen LogP contribution < -0.4 is 10.9 Å². The van der Waals surface area contributed by atoms with Crippen molar-refractivity contribution in [3.05, 3.63) is 61.3 Å². The molecule has 0 saturated heterocycles. The van der Waals surface area contributed by atoms with E-state index in [0.717, 1.165) is 0 Å². The van der Waals surface area contributed by atoms with Crippen LogP contribution in [0.25, 0.3) is 10.9 Å². The molecule has 0 bridgehead atoms. The van der Waals surface area contributed by atoms with Gasteiger partial charge in [-0.05, 0) is 56.0 Å². The lowest BCUT2D eigenvalue weighted by Crippen LogP contribution is -2.34. The Morgan fingerprint density at radius 3 is 2.81 bits per heavy atom. The van der Waals surface area contributed by atoms with Gasteiger partial charge in [0, 0.05) is 24.0 Å². The van der Waals surface area contributed by atoms with Crippen LogP contribution in [0.3, 0.4) is 0 Å². The normalized spacial score (nSPS) is 12.5. The van der Waals surface area contributed by atoms with Crippen molar-refractivity contribution in [3.8, 4) is 0 Å². The number of aromatic amines is 1. The molecule has 8 heteroatoms. The molecule has 0 aliphatic carbocycles. The van der Waals surface area contributed by atoms with Crippen molar-refractivity contribution < 1.29 is 4.79 Å². The van der Waals surface area contributed by atoms with Crippen molar-refractivity contribution in [3.63, 3.8) is 0 Å². The Balaban J connectivity index is 1.83. The fraction of sp³-hybridized carbons (Fsp3) is 0.278. The second-order valence-electron chi connectivity index (χ2n) is 6.26. The molecule has 0 fully saturated rings. The maximum absolute atomic E-state index is 12.6. The molecular weight excluding hydrogens is 368 g/mol. The molecule has 26 heavy (non-hydrogen) atoms. The number of carbonyl (C=O) groups is 1. The van der Waals surface area contributed by atoms with Gasteiger partial charge in [0.05, 0.1) is 16.9 Å². The van der Waals surface area contributed by atoms with Crippen molar-refractivity contribution in [2.45, 2.75) is 6.04 Å². The van der Waals surface area contributed by atoms with Crippen molar-refractivity contribution in [2.75, 3.05) is 20.6 Å². The summed E-state index contributed by atoms with van der Waals surface area (Å²) in [5, 5.41) is 5.51. The first-order valence-electron chi connectivity index (χ1n) is 8.09. The minimum atomic E-state index is -0.185. The summed E-state index contributed by atoms with van der Waals surface area (Å²) in [7, 11) is 5.60. The Bertz CT molecular complexity index is 1050. The maximum atomic E-state index is 12.6. The van der Waals surface area contributed by atoms with Crippen LogP contribution in [-0.2, 0) is 7.05 Å². The minimum Gasteiger partial charge on any atom is -0.350 e. The van der Waals surface area contributed by atoms with Gasteiger partial charge in [0.1, 0.15) is 0 Å². The summed E-state index contributed by atoms with van der Waals surface area (Å²) in [6.07, 6.45) is 0. The minimum absolute atomic E-state index is 0.109. The molecule has 1 aromatic carbocycles. The summed E-state index contributed by atoms with van der Waals surface area (Å²) in [5.74, 6) is -0.185. The Kier molecular flexibility index (Phi) is 5.36. The van der Waals surface area contributed by atoms with Gasteiger partial charge in [-0.1, -0.05) is 6.07 Å². The lowest BCUT2D eigenvalue weighted by molar-refractivity contribution is 0.0942. The molecule has 0 saturated carbocycles. The zero-order valence-corrected chi connectivity index (χ0v) is 16.4. The van der Waals surface area contributed by atoms with E-state index < -0.39 is 0 Å². The summed E-state index contributed by atoms with van der Waals surface area (Å²) >= 11 is 6.81. The van der Waals surface area contributed by atoms with Crippen molar-refractivity contribution in [1.82, 2.24) is 19.8 Å². The highest BCUT2D eigenvalue weighted by molar-refractivity contribution is 7.71. The molecule has 1 amide bonds. The summed E-state index contributed by atoms with van der Waals surface area (Å²) in [6, 6.07) is 9.15. The zero-order chi connectivity index (χ0) is 18.8. The number of hydrogen-bond donors (Lipinski definition) is 2. The predicted octanol–water partition coefficient (Wildman–Crippen LogP) is 2.69. The maximum Gasteiger partial charge on any atom is 0.261 e. The van der Waals surface area contributed by atoms with Gasteiger partial charge in [-0.3, -0.25) is 14.2 Å². The SMILES string of the molecule is CN(C)C(CNC(=O)c1ccc2c(=O)n(C)c(=S)[nH]c2c1)c1cccs1. The monoisotopic (exact) mass is 388 g/mol. The Labute approximate surface area is 160 Å². The van der Waals surface area contributed by atoms with Gasteiger partial charge in [0.2, 0.25) is 0 Å². The van der Waals surface area contributed by atoms with Gasteiger partial charge in [-0.25, -0.2) is 0 Å². The van der Waals surface area contributed by atoms with Crippen LogP contribution in [0.5, 0.6) is 0 Å². The highest BCUT2D eigenvalue weighted by Gasteiger charge is 2.17. The Morgan fingerprint density at radius 2 is 2.15 bits per heavy atom. The number of rotatable bonds is 5. The van der Waals surface area contributed by atoms with E-state index in [1.165, 1.54) is 9.44 Å². The number of amides is 1. The second kappa shape index (κ2) is 7.53. The first kappa shape index (κ1) is 18.5. The number of aromatic nitrogens is 2. The number of fused-ring (bicyclic) bond motifs is 1. The Morgan fingerprint density at radius 1 is 1.38 bits per heavy atom. The van der Waals surface area contributed by atoms with E-state index in [1.54, 1.807) is 36.6 Å². The molecule has 2 heterocycles. The first-order chi connectivity index (χ1) is 12.4. The highest BCUT2D eigenvalue weighted by Crippen LogP contribution is 2.22. The summed E-state index contributed by atoms with van der Waals surface area (Å²) in [6.45, 7) is 0.497. The van der Waals surface area contributed by atoms with E-state index in [2.05, 4.69) is 21.3 Å². The predicted molar refractivity (Wildman–Crippen MR) is 107 cm³/mol. The lowest BCUT2D eigenvalue weighted by Gasteiger charge is -2.23. The number of benzene rings is 1. The van der Waals surface area contributed by atoms with E-state index in [0.29, 0.717) is 27.8 Å². The van der Waals surface area contributed by atoms with E-state index in [4.69, 9.17) is 12.2 Å². The van der Waals surface area contributed by atoms with Crippen LogP contribution >= 0.6 is 23.6 Å². The number of hydrogen-bond acceptors (Lipinski definition) is 5. The number of thiophene rings is 1. The molecule has 6 nitrogen and oxygen atoms in total. The number of nitrogens with zero attached hydrogens (tertiary/aromatic N) is 2. The standard InChI is InChI=1S/C18H20N4O2S2/c1-21(2)14(15-5-4-8-26-15)10-19-16(23)11-6-7-12-13(9-11)20-18(25)22(3)17(12)24/h4-9,14H,10H2,1-3H3,(H,19,23)(H,20,25). The summed E-state index contributed by atoms with van der Waals surface area (Å²) < 4.78 is 1.70. The quantitative estimate of drug-likeness (QED) is 0.660. The van der Waals surface area contributed by atoms with Crippen LogP contribution in [0, 0.1) is 4.77 Å². The van der Waals surface area contributed by atoms with Crippen LogP contribution in [-0.4, -0.2) is 41.0 Å². The average Bonchev–Trinajstić information content (AvgIpc) is 3.13. The van der Waals surface area contributed by atoms with Gasteiger partial charge < -0.3 is 15.2 Å². The average molecular weight is 389 g/mol. The molecule has 0 aliphatic rings. The summed E-state index contributed by atoms with van der Waals surface area (Å²) in [4.78, 5) is 31.1. The summed E-state index contributed by atoms with van der Waals surface area (Å²) in [5.41, 5.74) is 0.870. The van der Waals surface area contributed by atoms with Crippen molar-refractivity contribution >= 4 is 40.4 Å². The van der Waals surface area contributed by atoms with Crippen LogP contribution in [0.15, 0.2) is 40.5 Å².